The molecule has 224 valence electrons. The summed E-state index contributed by atoms with van der Waals surface area (Å²) in [5.74, 6) is 2.22. The van der Waals surface area contributed by atoms with Crippen LogP contribution < -0.4 is 9.47 Å². The number of halogens is 2. The minimum Gasteiger partial charge on any atom is -0.456 e. The summed E-state index contributed by atoms with van der Waals surface area (Å²) in [5.41, 5.74) is 3.00. The van der Waals surface area contributed by atoms with Gasteiger partial charge in [-0.2, -0.15) is 10.5 Å². The third kappa shape index (κ3) is 7.39. The van der Waals surface area contributed by atoms with Gasteiger partial charge in [-0.1, -0.05) is 117 Å². The van der Waals surface area contributed by atoms with Crippen LogP contribution in [0, 0.1) is 22.7 Å². The molecule has 0 radical (unpaired) electrons. The number of hydrogen-bond acceptors (Lipinski definition) is 4. The Bertz CT molecular complexity index is 1510. The Morgan fingerprint density at radius 3 is 1.23 bits per heavy atom. The van der Waals surface area contributed by atoms with Crippen LogP contribution in [0.2, 0.25) is 10.0 Å². The summed E-state index contributed by atoms with van der Waals surface area (Å²) < 4.78 is 12.2. The molecule has 0 amide bonds. The summed E-state index contributed by atoms with van der Waals surface area (Å²) in [5, 5.41) is 19.9. The maximum atomic E-state index is 9.58. The average molecular weight is 624 g/mol. The molecule has 0 heterocycles. The zero-order valence-corrected chi connectivity index (χ0v) is 26.3. The number of ether oxygens (including phenoxy) is 2. The second-order valence-corrected chi connectivity index (χ2v) is 12.3. The van der Waals surface area contributed by atoms with Crippen LogP contribution in [0.3, 0.4) is 0 Å². The Labute approximate surface area is 270 Å². The molecule has 0 N–H and O–H groups in total. The van der Waals surface area contributed by atoms with Crippen LogP contribution in [0.15, 0.2) is 84.9 Å². The Morgan fingerprint density at radius 1 is 0.500 bits per heavy atom. The summed E-state index contributed by atoms with van der Waals surface area (Å²) >= 11 is 12.5. The molecular weight excluding hydrogens is 587 g/mol. The van der Waals surface area contributed by atoms with Crippen molar-refractivity contribution in [3.05, 3.63) is 117 Å². The third-order valence-corrected chi connectivity index (χ3v) is 9.28. The number of rotatable bonds is 6. The fraction of sp³-hybridized carbons (Fsp3) is 0.316. The molecule has 0 bridgehead atoms. The summed E-state index contributed by atoms with van der Waals surface area (Å²) in [4.78, 5) is 0. The molecule has 4 aromatic rings. The molecule has 1 aliphatic rings. The van der Waals surface area contributed by atoms with Crippen molar-refractivity contribution in [3.63, 3.8) is 0 Å². The smallest absolute Gasteiger partial charge is 0.146 e. The van der Waals surface area contributed by atoms with E-state index < -0.39 is 0 Å². The molecule has 0 unspecified atom stereocenters. The number of nitriles is 2. The SMILES string of the molecule is N#Cc1c(Cl)cccc1Oc1ccc(C2(c3ccc(Oc4cccc(Cl)c4C#N)cc3)CCCCCCCCCCC2)cc1. The highest BCUT2D eigenvalue weighted by Gasteiger charge is 2.33. The Kier molecular flexibility index (Phi) is 10.8. The molecule has 5 rings (SSSR count). The van der Waals surface area contributed by atoms with E-state index in [9.17, 15) is 10.5 Å². The van der Waals surface area contributed by atoms with Crippen molar-refractivity contribution < 1.29 is 9.47 Å². The van der Waals surface area contributed by atoms with Gasteiger partial charge in [0.2, 0.25) is 0 Å². The van der Waals surface area contributed by atoms with E-state index in [0.29, 0.717) is 44.2 Å². The molecular formula is C38H36Cl2N2O2. The van der Waals surface area contributed by atoms with Crippen LogP contribution in [0.25, 0.3) is 0 Å². The van der Waals surface area contributed by atoms with Crippen LogP contribution in [-0.2, 0) is 5.41 Å². The lowest BCUT2D eigenvalue weighted by Crippen LogP contribution is -2.28. The van der Waals surface area contributed by atoms with Crippen molar-refractivity contribution >= 4 is 23.2 Å². The normalized spacial score (nSPS) is 15.5. The molecule has 4 nitrogen and oxygen atoms in total. The van der Waals surface area contributed by atoms with Crippen molar-refractivity contribution in [1.29, 1.82) is 10.5 Å². The summed E-state index contributed by atoms with van der Waals surface area (Å²) in [7, 11) is 0. The van der Waals surface area contributed by atoms with Gasteiger partial charge in [-0.3, -0.25) is 0 Å². The van der Waals surface area contributed by atoms with E-state index in [-0.39, 0.29) is 5.41 Å². The van der Waals surface area contributed by atoms with E-state index in [1.54, 1.807) is 36.4 Å². The van der Waals surface area contributed by atoms with Crippen LogP contribution in [0.5, 0.6) is 23.0 Å². The lowest BCUT2D eigenvalue weighted by Gasteiger charge is -2.36. The number of hydrogen-bond donors (Lipinski definition) is 0. The largest absolute Gasteiger partial charge is 0.456 e. The van der Waals surface area contributed by atoms with Crippen molar-refractivity contribution in [1.82, 2.24) is 0 Å². The molecule has 44 heavy (non-hydrogen) atoms. The molecule has 0 atom stereocenters. The van der Waals surface area contributed by atoms with E-state index in [4.69, 9.17) is 32.7 Å². The van der Waals surface area contributed by atoms with Gasteiger partial charge in [0.05, 0.1) is 10.0 Å². The fourth-order valence-corrected chi connectivity index (χ4v) is 6.71. The Hall–Kier alpha value is -3.96. The molecule has 0 saturated heterocycles. The van der Waals surface area contributed by atoms with E-state index >= 15 is 0 Å². The van der Waals surface area contributed by atoms with E-state index in [0.717, 1.165) is 25.7 Å². The first-order chi connectivity index (χ1) is 21.5. The van der Waals surface area contributed by atoms with Gasteiger partial charge in [-0.15, -0.1) is 0 Å². The first-order valence-electron chi connectivity index (χ1n) is 15.5. The second-order valence-electron chi connectivity index (χ2n) is 11.5. The van der Waals surface area contributed by atoms with E-state index in [1.807, 2.05) is 24.3 Å². The third-order valence-electron chi connectivity index (χ3n) is 8.65. The van der Waals surface area contributed by atoms with Crippen molar-refractivity contribution in [2.75, 3.05) is 0 Å². The van der Waals surface area contributed by atoms with Gasteiger partial charge in [0, 0.05) is 5.41 Å². The molecule has 0 spiro atoms. The minimum absolute atomic E-state index is 0.169. The van der Waals surface area contributed by atoms with E-state index in [2.05, 4.69) is 36.4 Å². The average Bonchev–Trinajstić information content (AvgIpc) is 3.03. The highest BCUT2D eigenvalue weighted by Crippen LogP contribution is 2.44. The van der Waals surface area contributed by atoms with Crippen molar-refractivity contribution in [2.45, 2.75) is 76.0 Å². The van der Waals surface area contributed by atoms with Crippen LogP contribution >= 0.6 is 23.2 Å². The second kappa shape index (κ2) is 15.2. The fourth-order valence-electron chi connectivity index (χ4n) is 6.29. The van der Waals surface area contributed by atoms with Crippen LogP contribution in [0.1, 0.15) is 92.9 Å². The molecule has 4 aromatic carbocycles. The predicted octanol–water partition coefficient (Wildman–Crippen LogP) is 11.9. The quantitative estimate of drug-likeness (QED) is 0.214. The van der Waals surface area contributed by atoms with Gasteiger partial charge in [0.1, 0.15) is 46.3 Å². The lowest BCUT2D eigenvalue weighted by atomic mass is 9.67. The highest BCUT2D eigenvalue weighted by atomic mass is 35.5. The first-order valence-corrected chi connectivity index (χ1v) is 16.2. The van der Waals surface area contributed by atoms with Gasteiger partial charge < -0.3 is 9.47 Å². The number of benzene rings is 4. The van der Waals surface area contributed by atoms with Gasteiger partial charge in [0.25, 0.3) is 0 Å². The molecule has 1 fully saturated rings. The van der Waals surface area contributed by atoms with Gasteiger partial charge in [0.15, 0.2) is 0 Å². The Balaban J connectivity index is 1.47. The standard InChI is InChI=1S/C38H36Cl2N2O2/c39-34-12-10-14-36(32(34)26-41)43-30-20-16-28(17-21-30)38(24-8-6-4-2-1-3-5-7-9-25-38)29-18-22-31(23-19-29)44-37-15-11-13-35(40)33(37)27-42/h10-23H,1-9,24-25H2. The summed E-state index contributed by atoms with van der Waals surface area (Å²) in [6.45, 7) is 0. The van der Waals surface area contributed by atoms with Crippen molar-refractivity contribution in [2.24, 2.45) is 0 Å². The van der Waals surface area contributed by atoms with Gasteiger partial charge in [-0.05, 0) is 72.5 Å². The topological polar surface area (TPSA) is 66.0 Å². The zero-order valence-electron chi connectivity index (χ0n) is 24.8. The molecule has 1 saturated carbocycles. The Morgan fingerprint density at radius 2 is 0.864 bits per heavy atom. The zero-order chi connectivity index (χ0) is 30.8. The maximum Gasteiger partial charge on any atom is 0.146 e. The van der Waals surface area contributed by atoms with Gasteiger partial charge >= 0.3 is 0 Å². The molecule has 6 heteroatoms. The summed E-state index contributed by atoms with van der Waals surface area (Å²) in [6, 6.07) is 31.5. The maximum absolute atomic E-state index is 9.58. The molecule has 1 aliphatic carbocycles. The number of nitrogens with zero attached hydrogens (tertiary/aromatic N) is 2. The van der Waals surface area contributed by atoms with Gasteiger partial charge in [-0.25, -0.2) is 0 Å². The minimum atomic E-state index is -0.169. The lowest BCUT2D eigenvalue weighted by molar-refractivity contribution is 0.382. The first kappa shape index (κ1) is 31.5. The molecule has 0 aliphatic heterocycles. The monoisotopic (exact) mass is 622 g/mol. The van der Waals surface area contributed by atoms with Crippen LogP contribution in [0.4, 0.5) is 0 Å². The predicted molar refractivity (Wildman–Crippen MR) is 177 cm³/mol. The van der Waals surface area contributed by atoms with Crippen molar-refractivity contribution in [3.8, 4) is 35.1 Å². The van der Waals surface area contributed by atoms with E-state index in [1.165, 1.54) is 56.1 Å². The molecule has 0 aromatic heterocycles. The highest BCUT2D eigenvalue weighted by molar-refractivity contribution is 6.32. The van der Waals surface area contributed by atoms with Crippen LogP contribution in [-0.4, -0.2) is 0 Å². The summed E-state index contributed by atoms with van der Waals surface area (Å²) in [6.07, 6.45) is 13.4.